The van der Waals surface area contributed by atoms with Gasteiger partial charge in [-0.15, -0.1) is 0 Å². The van der Waals surface area contributed by atoms with Crippen LogP contribution in [0.3, 0.4) is 0 Å². The van der Waals surface area contributed by atoms with Gasteiger partial charge in [-0.25, -0.2) is 4.79 Å². The Bertz CT molecular complexity index is 463. The van der Waals surface area contributed by atoms with Crippen molar-refractivity contribution in [2.45, 2.75) is 66.8 Å². The largest absolute Gasteiger partial charge is 0.338 e. The Labute approximate surface area is 128 Å². The third kappa shape index (κ3) is 6.19. The van der Waals surface area contributed by atoms with Crippen molar-refractivity contribution in [3.8, 4) is 0 Å². The maximum absolute atomic E-state index is 12.0. The van der Waals surface area contributed by atoms with Crippen LogP contribution < -0.4 is 10.6 Å². The monoisotopic (exact) mass is 294 g/mol. The molecule has 5 nitrogen and oxygen atoms in total. The molecule has 3 N–H and O–H groups in total. The van der Waals surface area contributed by atoms with Gasteiger partial charge in [-0.2, -0.15) is 5.10 Å². The maximum Gasteiger partial charge on any atom is 0.315 e. The minimum atomic E-state index is -0.218. The van der Waals surface area contributed by atoms with Gasteiger partial charge in [-0.05, 0) is 51.5 Å². The summed E-state index contributed by atoms with van der Waals surface area (Å²) < 4.78 is 0. The van der Waals surface area contributed by atoms with Gasteiger partial charge in [-0.3, -0.25) is 5.10 Å². The van der Waals surface area contributed by atoms with Gasteiger partial charge >= 0.3 is 6.03 Å². The van der Waals surface area contributed by atoms with Crippen LogP contribution in [0, 0.1) is 19.3 Å². The lowest BCUT2D eigenvalue weighted by molar-refractivity contribution is 0.210. The molecule has 0 saturated heterocycles. The molecule has 0 radical (unpaired) electrons. The van der Waals surface area contributed by atoms with Gasteiger partial charge in [0.15, 0.2) is 0 Å². The summed E-state index contributed by atoms with van der Waals surface area (Å²) in [5, 5.41) is 13.1. The van der Waals surface area contributed by atoms with E-state index >= 15 is 0 Å². The molecule has 2 amide bonds. The third-order valence-corrected chi connectivity index (χ3v) is 3.37. The number of nitrogens with one attached hydrogen (secondary N) is 3. The first-order chi connectivity index (χ1) is 9.50. The number of hydrogen-bond donors (Lipinski definition) is 3. The molecule has 0 aliphatic rings. The molecule has 1 rings (SSSR count). The van der Waals surface area contributed by atoms with Gasteiger partial charge in [0.2, 0.25) is 0 Å². The smallest absolute Gasteiger partial charge is 0.315 e. The highest BCUT2D eigenvalue weighted by Crippen LogP contribution is 2.26. The van der Waals surface area contributed by atoms with Crippen LogP contribution in [0.4, 0.5) is 4.79 Å². The number of H-pyrrole nitrogens is 1. The Balaban J connectivity index is 2.41. The molecule has 5 heteroatoms. The third-order valence-electron chi connectivity index (χ3n) is 3.37. The molecule has 0 bridgehead atoms. The maximum atomic E-state index is 12.0. The Kier molecular flexibility index (Phi) is 5.42. The van der Waals surface area contributed by atoms with Crippen molar-refractivity contribution in [2.75, 3.05) is 6.54 Å². The number of carbonyl (C=O) groups is 1. The van der Waals surface area contributed by atoms with Crippen molar-refractivity contribution in [3.05, 3.63) is 17.0 Å². The lowest BCUT2D eigenvalue weighted by Gasteiger charge is -2.33. The van der Waals surface area contributed by atoms with E-state index in [4.69, 9.17) is 0 Å². The summed E-state index contributed by atoms with van der Waals surface area (Å²) in [5.41, 5.74) is 3.22. The molecule has 1 heterocycles. The summed E-state index contributed by atoms with van der Waals surface area (Å²) in [4.78, 5) is 12.0. The van der Waals surface area contributed by atoms with Crippen LogP contribution in [0.5, 0.6) is 0 Å². The molecule has 1 aromatic rings. The van der Waals surface area contributed by atoms with E-state index in [2.05, 4.69) is 55.4 Å². The van der Waals surface area contributed by atoms with Gasteiger partial charge < -0.3 is 10.6 Å². The van der Waals surface area contributed by atoms with E-state index in [-0.39, 0.29) is 17.0 Å². The molecular formula is C16H30N4O. The number of rotatable bonds is 5. The van der Waals surface area contributed by atoms with E-state index in [1.165, 1.54) is 5.56 Å². The summed E-state index contributed by atoms with van der Waals surface area (Å²) in [6.07, 6.45) is 1.72. The molecule has 0 fully saturated rings. The molecule has 0 aliphatic heterocycles. The summed E-state index contributed by atoms with van der Waals surface area (Å²) in [5.74, 6) is 0. The highest BCUT2D eigenvalue weighted by Gasteiger charge is 2.26. The van der Waals surface area contributed by atoms with Crippen molar-refractivity contribution < 1.29 is 4.79 Å². The zero-order valence-electron chi connectivity index (χ0n) is 14.5. The van der Waals surface area contributed by atoms with E-state index < -0.39 is 0 Å². The average molecular weight is 294 g/mol. The second kappa shape index (κ2) is 6.50. The summed E-state index contributed by atoms with van der Waals surface area (Å²) in [6, 6.07) is -0.108. The predicted octanol–water partition coefficient (Wildman–Crippen LogP) is 3.08. The summed E-state index contributed by atoms with van der Waals surface area (Å²) >= 11 is 0. The molecule has 0 unspecified atom stereocenters. The van der Waals surface area contributed by atoms with E-state index in [9.17, 15) is 4.79 Å². The van der Waals surface area contributed by atoms with Gasteiger partial charge in [0.25, 0.3) is 0 Å². The molecule has 0 aromatic carbocycles. The van der Waals surface area contributed by atoms with Gasteiger partial charge in [0.1, 0.15) is 0 Å². The van der Waals surface area contributed by atoms with Crippen LogP contribution >= 0.6 is 0 Å². The standard InChI is InChI=1S/C16H30N4O/c1-11-13(12(2)20-19-11)8-9-17-14(21)18-16(6,7)10-15(3,4)5/h8-10H2,1-7H3,(H,19,20)(H2,17,18,21). The Morgan fingerprint density at radius 1 is 1.19 bits per heavy atom. The van der Waals surface area contributed by atoms with Crippen LogP contribution in [0.25, 0.3) is 0 Å². The first kappa shape index (κ1) is 17.5. The average Bonchev–Trinajstić information content (AvgIpc) is 2.56. The number of aromatic amines is 1. The highest BCUT2D eigenvalue weighted by atomic mass is 16.2. The fourth-order valence-electron chi connectivity index (χ4n) is 2.97. The van der Waals surface area contributed by atoms with E-state index in [0.29, 0.717) is 6.54 Å². The van der Waals surface area contributed by atoms with E-state index in [1.807, 2.05) is 13.8 Å². The molecule has 0 saturated carbocycles. The fraction of sp³-hybridized carbons (Fsp3) is 0.750. The Morgan fingerprint density at radius 3 is 2.29 bits per heavy atom. The van der Waals surface area contributed by atoms with Gasteiger partial charge in [0, 0.05) is 17.8 Å². The quantitative estimate of drug-likeness (QED) is 0.781. The van der Waals surface area contributed by atoms with Crippen molar-refractivity contribution in [1.82, 2.24) is 20.8 Å². The first-order valence-corrected chi connectivity index (χ1v) is 7.57. The minimum Gasteiger partial charge on any atom is -0.338 e. The van der Waals surface area contributed by atoms with Crippen molar-refractivity contribution in [2.24, 2.45) is 5.41 Å². The summed E-state index contributed by atoms with van der Waals surface area (Å²) in [6.45, 7) is 15.2. The van der Waals surface area contributed by atoms with Crippen LogP contribution in [0.2, 0.25) is 0 Å². The number of amides is 2. The van der Waals surface area contributed by atoms with Crippen molar-refractivity contribution in [1.29, 1.82) is 0 Å². The highest BCUT2D eigenvalue weighted by molar-refractivity contribution is 5.74. The molecule has 1 aromatic heterocycles. The molecular weight excluding hydrogens is 264 g/mol. The van der Waals surface area contributed by atoms with Gasteiger partial charge in [-0.1, -0.05) is 20.8 Å². The zero-order valence-corrected chi connectivity index (χ0v) is 14.5. The second-order valence-corrected chi connectivity index (χ2v) is 7.66. The van der Waals surface area contributed by atoms with Crippen LogP contribution in [0.1, 0.15) is 58.0 Å². The first-order valence-electron chi connectivity index (χ1n) is 7.57. The number of carbonyl (C=O) groups excluding carboxylic acids is 1. The normalized spacial score (nSPS) is 12.3. The molecule has 0 spiro atoms. The molecule has 120 valence electrons. The van der Waals surface area contributed by atoms with Crippen LogP contribution in [0.15, 0.2) is 0 Å². The van der Waals surface area contributed by atoms with Crippen LogP contribution in [-0.2, 0) is 6.42 Å². The SMILES string of the molecule is Cc1n[nH]c(C)c1CCNC(=O)NC(C)(C)CC(C)(C)C. The van der Waals surface area contributed by atoms with Crippen LogP contribution in [-0.4, -0.2) is 28.3 Å². The lowest BCUT2D eigenvalue weighted by Crippen LogP contribution is -2.50. The number of aryl methyl sites for hydroxylation is 2. The summed E-state index contributed by atoms with van der Waals surface area (Å²) in [7, 11) is 0. The lowest BCUT2D eigenvalue weighted by atomic mass is 9.82. The predicted molar refractivity (Wildman–Crippen MR) is 86.5 cm³/mol. The molecule has 0 atom stereocenters. The number of hydrogen-bond acceptors (Lipinski definition) is 2. The molecule has 21 heavy (non-hydrogen) atoms. The van der Waals surface area contributed by atoms with E-state index in [1.54, 1.807) is 0 Å². The topological polar surface area (TPSA) is 69.8 Å². The number of urea groups is 1. The fourth-order valence-corrected chi connectivity index (χ4v) is 2.97. The van der Waals surface area contributed by atoms with Crippen molar-refractivity contribution in [3.63, 3.8) is 0 Å². The zero-order chi connectivity index (χ0) is 16.3. The van der Waals surface area contributed by atoms with Crippen molar-refractivity contribution >= 4 is 6.03 Å². The van der Waals surface area contributed by atoms with E-state index in [0.717, 1.165) is 24.2 Å². The Morgan fingerprint density at radius 2 is 1.81 bits per heavy atom. The second-order valence-electron chi connectivity index (χ2n) is 7.66. The van der Waals surface area contributed by atoms with Gasteiger partial charge in [0.05, 0.1) is 5.69 Å². The number of aromatic nitrogens is 2. The number of nitrogens with zero attached hydrogens (tertiary/aromatic N) is 1. The minimum absolute atomic E-state index is 0.108. The Hall–Kier alpha value is -1.52. The molecule has 0 aliphatic carbocycles.